The van der Waals surface area contributed by atoms with E-state index in [9.17, 15) is 13.2 Å². The fraction of sp³-hybridized carbons (Fsp3) is 0.194. The number of aromatic nitrogens is 4. The predicted molar refractivity (Wildman–Crippen MR) is 174 cm³/mol. The zero-order chi connectivity index (χ0) is 32.4. The fourth-order valence-corrected chi connectivity index (χ4v) is 6.10. The molecule has 0 aliphatic carbocycles. The smallest absolute Gasteiger partial charge is 0.294 e. The van der Waals surface area contributed by atoms with Crippen molar-refractivity contribution in [1.29, 1.82) is 0 Å². The van der Waals surface area contributed by atoms with Crippen LogP contribution in [-0.2, 0) is 14.9 Å². The van der Waals surface area contributed by atoms with Gasteiger partial charge in [-0.3, -0.25) is 19.6 Å². The molecular weight excluding hydrogens is 635 g/mol. The van der Waals surface area contributed by atoms with Crippen molar-refractivity contribution in [2.75, 3.05) is 25.6 Å². The standard InChI is InChI=1S/C24H23N5O3S2.C7H8O3S/c1-15-10-18(34-21-13-26-20(12-27-21)32-9-8-31-3)11-16(2)22(15)19-14-33-24(28-19)29-23(30)17-4-6-25-7-5-17;1-6-2-4-7(5-3-6)11(8,9)10/h4-7,10-14H,8-9H2,1-3H3,(H,28,29,30);2-5H,1H3,(H,8,9,10). The number of amides is 1. The Morgan fingerprint density at radius 2 is 1.67 bits per heavy atom. The lowest BCUT2D eigenvalue weighted by Crippen LogP contribution is -2.11. The average molecular weight is 666 g/mol. The van der Waals surface area contributed by atoms with Crippen LogP contribution >= 0.6 is 23.1 Å². The van der Waals surface area contributed by atoms with Crippen molar-refractivity contribution >= 4 is 44.3 Å². The van der Waals surface area contributed by atoms with Gasteiger partial charge in [0.05, 0.1) is 29.6 Å². The molecule has 0 aliphatic rings. The molecule has 2 N–H and O–H groups in total. The summed E-state index contributed by atoms with van der Waals surface area (Å²) >= 11 is 2.93. The molecule has 0 saturated heterocycles. The lowest BCUT2D eigenvalue weighted by molar-refractivity contribution is 0.102. The molecule has 45 heavy (non-hydrogen) atoms. The third-order valence-corrected chi connectivity index (χ3v) is 8.63. The van der Waals surface area contributed by atoms with Crippen molar-refractivity contribution in [3.05, 3.63) is 101 Å². The Kier molecular flexibility index (Phi) is 11.7. The molecule has 5 aromatic rings. The maximum Gasteiger partial charge on any atom is 0.294 e. The van der Waals surface area contributed by atoms with Crippen LogP contribution in [0.25, 0.3) is 11.3 Å². The van der Waals surface area contributed by atoms with Crippen LogP contribution in [0.5, 0.6) is 5.88 Å². The molecule has 1 amide bonds. The van der Waals surface area contributed by atoms with Gasteiger partial charge in [-0.15, -0.1) is 11.3 Å². The number of methoxy groups -OCH3 is 1. The van der Waals surface area contributed by atoms with Crippen LogP contribution in [-0.4, -0.2) is 59.1 Å². The van der Waals surface area contributed by atoms with Crippen LogP contribution in [0.1, 0.15) is 27.0 Å². The normalized spacial score (nSPS) is 11.0. The van der Waals surface area contributed by atoms with E-state index in [0.717, 1.165) is 37.9 Å². The predicted octanol–water partition coefficient (Wildman–Crippen LogP) is 6.28. The summed E-state index contributed by atoms with van der Waals surface area (Å²) in [5.41, 5.74) is 5.56. The first-order valence-corrected chi connectivity index (χ1v) is 16.6. The summed E-state index contributed by atoms with van der Waals surface area (Å²) in [7, 11) is -2.40. The Morgan fingerprint density at radius 1 is 0.978 bits per heavy atom. The Bertz CT molecular complexity index is 1810. The van der Waals surface area contributed by atoms with Crippen molar-refractivity contribution in [2.45, 2.75) is 35.6 Å². The Hall–Kier alpha value is -4.21. The molecule has 2 aromatic carbocycles. The largest absolute Gasteiger partial charge is 0.474 e. The molecule has 0 spiro atoms. The van der Waals surface area contributed by atoms with E-state index >= 15 is 0 Å². The van der Waals surface area contributed by atoms with Gasteiger partial charge < -0.3 is 9.47 Å². The van der Waals surface area contributed by atoms with E-state index in [1.165, 1.54) is 35.2 Å². The highest BCUT2D eigenvalue weighted by Gasteiger charge is 2.15. The monoisotopic (exact) mass is 665 g/mol. The molecule has 0 aliphatic heterocycles. The maximum absolute atomic E-state index is 12.4. The van der Waals surface area contributed by atoms with E-state index in [1.54, 1.807) is 56.2 Å². The number of carbonyl (C=O) groups excluding carboxylic acids is 1. The lowest BCUT2D eigenvalue weighted by atomic mass is 10.0. The molecular formula is C31H31N5O6S3. The van der Waals surface area contributed by atoms with Crippen molar-refractivity contribution < 1.29 is 27.2 Å². The van der Waals surface area contributed by atoms with Gasteiger partial charge in [-0.25, -0.2) is 15.0 Å². The van der Waals surface area contributed by atoms with E-state index in [2.05, 4.69) is 51.2 Å². The van der Waals surface area contributed by atoms with Gasteiger partial charge in [0, 0.05) is 40.9 Å². The molecule has 3 heterocycles. The minimum Gasteiger partial charge on any atom is -0.474 e. The summed E-state index contributed by atoms with van der Waals surface area (Å²) < 4.78 is 40.0. The van der Waals surface area contributed by atoms with Crippen LogP contribution < -0.4 is 10.1 Å². The zero-order valence-corrected chi connectivity index (χ0v) is 27.4. The molecule has 234 valence electrons. The van der Waals surface area contributed by atoms with Crippen molar-refractivity contribution in [3.8, 4) is 17.1 Å². The van der Waals surface area contributed by atoms with Crippen LogP contribution in [0.4, 0.5) is 5.13 Å². The van der Waals surface area contributed by atoms with Crippen molar-refractivity contribution in [2.24, 2.45) is 0 Å². The number of hydrogen-bond donors (Lipinski definition) is 2. The number of pyridine rings is 1. The number of nitrogens with zero attached hydrogens (tertiary/aromatic N) is 4. The van der Waals surface area contributed by atoms with E-state index in [-0.39, 0.29) is 10.8 Å². The molecule has 0 bridgehead atoms. The van der Waals surface area contributed by atoms with E-state index in [1.807, 2.05) is 12.3 Å². The van der Waals surface area contributed by atoms with Gasteiger partial charge in [-0.2, -0.15) is 8.42 Å². The molecule has 0 atom stereocenters. The summed E-state index contributed by atoms with van der Waals surface area (Å²) in [6.45, 7) is 6.89. The molecule has 0 saturated carbocycles. The third-order valence-electron chi connectivity index (χ3n) is 6.11. The summed E-state index contributed by atoms with van der Waals surface area (Å²) in [6.07, 6.45) is 6.49. The highest BCUT2D eigenvalue weighted by Crippen LogP contribution is 2.35. The number of aryl methyl sites for hydroxylation is 3. The number of benzene rings is 2. The molecule has 0 fully saturated rings. The van der Waals surface area contributed by atoms with Crippen LogP contribution in [0.15, 0.2) is 93.5 Å². The quantitative estimate of drug-likeness (QED) is 0.128. The molecule has 11 nitrogen and oxygen atoms in total. The first-order chi connectivity index (χ1) is 21.5. The molecule has 5 rings (SSSR count). The fourth-order valence-electron chi connectivity index (χ4n) is 4.00. The first kappa shape index (κ1) is 33.7. The number of carbonyl (C=O) groups is 1. The molecule has 3 aromatic heterocycles. The third kappa shape index (κ3) is 9.89. The summed E-state index contributed by atoms with van der Waals surface area (Å²) in [5, 5.41) is 6.14. The minimum absolute atomic E-state index is 0.0666. The molecule has 0 unspecified atom stereocenters. The average Bonchev–Trinajstić information content (AvgIpc) is 3.46. The van der Waals surface area contributed by atoms with Crippen LogP contribution in [0.2, 0.25) is 0 Å². The van der Waals surface area contributed by atoms with E-state index in [4.69, 9.17) is 14.0 Å². The Labute approximate surface area is 269 Å². The van der Waals surface area contributed by atoms with Gasteiger partial charge in [-0.05, 0) is 68.3 Å². The number of rotatable bonds is 10. The Morgan fingerprint density at radius 3 is 2.27 bits per heavy atom. The molecule has 14 heteroatoms. The number of ether oxygens (including phenoxy) is 2. The van der Waals surface area contributed by atoms with Gasteiger partial charge in [0.1, 0.15) is 11.6 Å². The van der Waals surface area contributed by atoms with Gasteiger partial charge in [0.15, 0.2) is 5.13 Å². The maximum atomic E-state index is 12.4. The number of hydrogen-bond acceptors (Lipinski definition) is 11. The van der Waals surface area contributed by atoms with Gasteiger partial charge in [0.2, 0.25) is 5.88 Å². The van der Waals surface area contributed by atoms with Crippen LogP contribution in [0, 0.1) is 20.8 Å². The second kappa shape index (κ2) is 15.7. The first-order valence-electron chi connectivity index (χ1n) is 13.5. The van der Waals surface area contributed by atoms with Gasteiger partial charge in [-0.1, -0.05) is 29.5 Å². The van der Waals surface area contributed by atoms with Crippen LogP contribution in [0.3, 0.4) is 0 Å². The zero-order valence-electron chi connectivity index (χ0n) is 24.9. The summed E-state index contributed by atoms with van der Waals surface area (Å²) in [4.78, 5) is 30.7. The number of anilines is 1. The van der Waals surface area contributed by atoms with Crippen molar-refractivity contribution in [3.63, 3.8) is 0 Å². The van der Waals surface area contributed by atoms with Gasteiger partial charge in [0.25, 0.3) is 16.0 Å². The van der Waals surface area contributed by atoms with E-state index < -0.39 is 10.1 Å². The second-order valence-corrected chi connectivity index (χ2v) is 13.0. The number of nitrogens with one attached hydrogen (secondary N) is 1. The highest BCUT2D eigenvalue weighted by molar-refractivity contribution is 7.99. The van der Waals surface area contributed by atoms with Gasteiger partial charge >= 0.3 is 0 Å². The summed E-state index contributed by atoms with van der Waals surface area (Å²) in [6, 6.07) is 13.5. The highest BCUT2D eigenvalue weighted by atomic mass is 32.2. The van der Waals surface area contributed by atoms with Crippen molar-refractivity contribution in [1.82, 2.24) is 19.9 Å². The number of thiazole rings is 1. The van der Waals surface area contributed by atoms with E-state index in [0.29, 0.717) is 29.8 Å². The summed E-state index contributed by atoms with van der Waals surface area (Å²) in [5.74, 6) is 0.263. The Balaban J connectivity index is 0.000000354. The lowest BCUT2D eigenvalue weighted by Gasteiger charge is -2.11. The minimum atomic E-state index is -4.02. The SMILES string of the molecule is COCCOc1cnc(Sc2cc(C)c(-c3csc(NC(=O)c4ccncc4)n3)c(C)c2)cn1.Cc1ccc(S(=O)(=O)O)cc1. The molecule has 0 radical (unpaired) electrons. The topological polar surface area (TPSA) is 153 Å². The second-order valence-electron chi connectivity index (χ2n) is 9.58.